The van der Waals surface area contributed by atoms with Gasteiger partial charge in [-0.25, -0.2) is 8.42 Å². The minimum Gasteiger partial charge on any atom is -0.352 e. The summed E-state index contributed by atoms with van der Waals surface area (Å²) in [5.74, 6) is 0.195. The maximum atomic E-state index is 12.1. The van der Waals surface area contributed by atoms with Crippen molar-refractivity contribution in [3.63, 3.8) is 0 Å². The number of rotatable bonds is 5. The third-order valence-electron chi connectivity index (χ3n) is 3.96. The normalized spacial score (nSPS) is 19.6. The molecule has 1 atom stereocenters. The van der Waals surface area contributed by atoms with Crippen molar-refractivity contribution in [3.05, 3.63) is 53.9 Å². The predicted octanol–water partition coefficient (Wildman–Crippen LogP) is 1.10. The Labute approximate surface area is 135 Å². The molecule has 1 aromatic heterocycles. The van der Waals surface area contributed by atoms with Gasteiger partial charge >= 0.3 is 0 Å². The van der Waals surface area contributed by atoms with E-state index in [1.807, 2.05) is 30.3 Å². The van der Waals surface area contributed by atoms with E-state index in [0.717, 1.165) is 5.56 Å². The van der Waals surface area contributed by atoms with Crippen molar-refractivity contribution in [2.24, 2.45) is 5.92 Å². The monoisotopic (exact) mass is 333 g/mol. The Bertz CT molecular complexity index is 784. The molecule has 1 saturated heterocycles. The summed E-state index contributed by atoms with van der Waals surface area (Å²) < 4.78 is 24.5. The molecule has 3 rings (SSSR count). The molecule has 1 N–H and O–H groups in total. The molecule has 1 fully saturated rings. The van der Waals surface area contributed by atoms with Crippen LogP contribution in [0.15, 0.2) is 42.7 Å². The maximum Gasteiger partial charge on any atom is 0.254 e. The van der Waals surface area contributed by atoms with Gasteiger partial charge in [0.2, 0.25) is 0 Å². The molecule has 1 aliphatic heterocycles. The lowest BCUT2D eigenvalue weighted by Crippen LogP contribution is -2.29. The highest BCUT2D eigenvalue weighted by atomic mass is 32.2. The van der Waals surface area contributed by atoms with Crippen molar-refractivity contribution in [2.75, 3.05) is 18.1 Å². The van der Waals surface area contributed by atoms with Crippen LogP contribution in [0.3, 0.4) is 0 Å². The zero-order valence-corrected chi connectivity index (χ0v) is 13.5. The minimum absolute atomic E-state index is 0.0170. The molecular weight excluding hydrogens is 314 g/mol. The Morgan fingerprint density at radius 2 is 2.09 bits per heavy atom. The fourth-order valence-corrected chi connectivity index (χ4v) is 4.57. The molecule has 0 bridgehead atoms. The van der Waals surface area contributed by atoms with Crippen LogP contribution < -0.4 is 5.32 Å². The molecule has 6 nitrogen and oxygen atoms in total. The van der Waals surface area contributed by atoms with Crippen LogP contribution in [0.2, 0.25) is 0 Å². The van der Waals surface area contributed by atoms with Gasteiger partial charge in [-0.2, -0.15) is 5.10 Å². The second-order valence-corrected chi connectivity index (χ2v) is 8.12. The first kappa shape index (κ1) is 15.7. The fourth-order valence-electron chi connectivity index (χ4n) is 2.71. The quantitative estimate of drug-likeness (QED) is 0.888. The number of carbonyl (C=O) groups excluding carboxylic acids is 1. The van der Waals surface area contributed by atoms with E-state index in [-0.39, 0.29) is 23.3 Å². The molecule has 7 heteroatoms. The zero-order chi connectivity index (χ0) is 16.3. The molecule has 0 unspecified atom stereocenters. The summed E-state index contributed by atoms with van der Waals surface area (Å²) >= 11 is 0. The average molecular weight is 333 g/mol. The summed E-state index contributed by atoms with van der Waals surface area (Å²) in [6.45, 7) is 0.997. The summed E-state index contributed by atoms with van der Waals surface area (Å²) in [6.07, 6.45) is 3.85. The second kappa shape index (κ2) is 6.54. The van der Waals surface area contributed by atoms with Gasteiger partial charge in [-0.15, -0.1) is 0 Å². The highest BCUT2D eigenvalue weighted by molar-refractivity contribution is 7.91. The number of nitrogens with one attached hydrogen (secondary N) is 1. The largest absolute Gasteiger partial charge is 0.352 e. The topological polar surface area (TPSA) is 81.1 Å². The molecule has 2 heterocycles. The molecular formula is C16H19N3O3S. The van der Waals surface area contributed by atoms with Crippen molar-refractivity contribution < 1.29 is 13.2 Å². The third-order valence-corrected chi connectivity index (χ3v) is 5.80. The average Bonchev–Trinajstić information content (AvgIpc) is 3.12. The molecule has 0 spiro atoms. The van der Waals surface area contributed by atoms with Gasteiger partial charge in [0.25, 0.3) is 5.91 Å². The van der Waals surface area contributed by atoms with Crippen molar-refractivity contribution in [2.45, 2.75) is 13.0 Å². The number of nitrogens with zero attached hydrogens (tertiary/aromatic N) is 2. The third kappa shape index (κ3) is 4.19. The first-order valence-electron chi connectivity index (χ1n) is 7.57. The number of benzene rings is 1. The van der Waals surface area contributed by atoms with Gasteiger partial charge in [-0.1, -0.05) is 30.3 Å². The van der Waals surface area contributed by atoms with Gasteiger partial charge in [-0.05, 0) is 17.9 Å². The first-order chi connectivity index (χ1) is 11.0. The summed E-state index contributed by atoms with van der Waals surface area (Å²) in [5.41, 5.74) is 1.60. The van der Waals surface area contributed by atoms with E-state index in [1.54, 1.807) is 10.9 Å². The number of sulfone groups is 1. The Hall–Kier alpha value is -2.15. The van der Waals surface area contributed by atoms with Crippen LogP contribution >= 0.6 is 0 Å². The lowest BCUT2D eigenvalue weighted by Gasteiger charge is -2.08. The van der Waals surface area contributed by atoms with Gasteiger partial charge in [0.1, 0.15) is 0 Å². The van der Waals surface area contributed by atoms with E-state index in [2.05, 4.69) is 10.4 Å². The smallest absolute Gasteiger partial charge is 0.254 e. The molecule has 0 radical (unpaired) electrons. The van der Waals surface area contributed by atoms with Crippen LogP contribution in [-0.2, 0) is 16.4 Å². The van der Waals surface area contributed by atoms with Gasteiger partial charge in [0, 0.05) is 12.7 Å². The number of hydrogen-bond donors (Lipinski definition) is 1. The summed E-state index contributed by atoms with van der Waals surface area (Å²) in [4.78, 5) is 12.1. The van der Waals surface area contributed by atoms with Crippen LogP contribution in [0.1, 0.15) is 22.3 Å². The fraction of sp³-hybridized carbons (Fsp3) is 0.375. The molecule has 2 aromatic rings. The number of aromatic nitrogens is 2. The van der Waals surface area contributed by atoms with Gasteiger partial charge in [-0.3, -0.25) is 9.48 Å². The van der Waals surface area contributed by atoms with E-state index >= 15 is 0 Å². The van der Waals surface area contributed by atoms with E-state index in [9.17, 15) is 13.2 Å². The standard InChI is InChI=1S/C16H19N3O3S/c20-16(17-8-14-6-7-23(21,22)12-14)15-9-18-19(11-15)10-13-4-2-1-3-5-13/h1-5,9,11,14H,6-8,10,12H2,(H,17,20)/t14-/m1/s1. The lowest BCUT2D eigenvalue weighted by atomic mass is 10.1. The van der Waals surface area contributed by atoms with E-state index in [4.69, 9.17) is 0 Å². The van der Waals surface area contributed by atoms with E-state index in [0.29, 0.717) is 25.1 Å². The van der Waals surface area contributed by atoms with Crippen LogP contribution in [0.4, 0.5) is 0 Å². The zero-order valence-electron chi connectivity index (χ0n) is 12.7. The Morgan fingerprint density at radius 3 is 2.78 bits per heavy atom. The molecule has 1 aromatic carbocycles. The Kier molecular flexibility index (Phi) is 4.47. The van der Waals surface area contributed by atoms with Crippen LogP contribution in [-0.4, -0.2) is 42.2 Å². The van der Waals surface area contributed by atoms with E-state index < -0.39 is 9.84 Å². The van der Waals surface area contributed by atoms with Crippen molar-refractivity contribution in [3.8, 4) is 0 Å². The minimum atomic E-state index is -2.91. The summed E-state index contributed by atoms with van der Waals surface area (Å²) in [7, 11) is -2.91. The predicted molar refractivity (Wildman–Crippen MR) is 86.9 cm³/mol. The van der Waals surface area contributed by atoms with Crippen LogP contribution in [0.5, 0.6) is 0 Å². The maximum absolute atomic E-state index is 12.1. The van der Waals surface area contributed by atoms with Gasteiger partial charge in [0.15, 0.2) is 9.84 Å². The number of hydrogen-bond acceptors (Lipinski definition) is 4. The summed E-state index contributed by atoms with van der Waals surface area (Å²) in [6, 6.07) is 9.88. The van der Waals surface area contributed by atoms with Crippen molar-refractivity contribution >= 4 is 15.7 Å². The lowest BCUT2D eigenvalue weighted by molar-refractivity contribution is 0.0948. The van der Waals surface area contributed by atoms with Crippen molar-refractivity contribution in [1.29, 1.82) is 0 Å². The highest BCUT2D eigenvalue weighted by Crippen LogP contribution is 2.17. The molecule has 122 valence electrons. The van der Waals surface area contributed by atoms with Gasteiger partial charge < -0.3 is 5.32 Å². The highest BCUT2D eigenvalue weighted by Gasteiger charge is 2.28. The molecule has 0 aliphatic carbocycles. The molecule has 1 aliphatic rings. The van der Waals surface area contributed by atoms with Crippen LogP contribution in [0.25, 0.3) is 0 Å². The Morgan fingerprint density at radius 1 is 1.30 bits per heavy atom. The molecule has 0 saturated carbocycles. The van der Waals surface area contributed by atoms with Gasteiger partial charge in [0.05, 0.1) is 29.8 Å². The first-order valence-corrected chi connectivity index (χ1v) is 9.39. The molecule has 23 heavy (non-hydrogen) atoms. The van der Waals surface area contributed by atoms with Crippen LogP contribution in [0, 0.1) is 5.92 Å². The number of carbonyl (C=O) groups is 1. The summed E-state index contributed by atoms with van der Waals surface area (Å²) in [5, 5.41) is 6.99. The Balaban J connectivity index is 1.54. The number of amides is 1. The molecule has 1 amide bonds. The van der Waals surface area contributed by atoms with E-state index in [1.165, 1.54) is 6.20 Å². The SMILES string of the molecule is O=C(NC[C@H]1CCS(=O)(=O)C1)c1cnn(Cc2ccccc2)c1. The van der Waals surface area contributed by atoms with Crippen molar-refractivity contribution in [1.82, 2.24) is 15.1 Å². The second-order valence-electron chi connectivity index (χ2n) is 5.89.